The number of amides is 2. The molecule has 1 N–H and O–H groups in total. The van der Waals surface area contributed by atoms with E-state index in [-0.39, 0.29) is 6.54 Å². The van der Waals surface area contributed by atoms with E-state index in [9.17, 15) is 18.0 Å². The Morgan fingerprint density at radius 3 is 2.59 bits per heavy atom. The van der Waals surface area contributed by atoms with Gasteiger partial charge in [0.05, 0.1) is 23.3 Å². The van der Waals surface area contributed by atoms with Crippen molar-refractivity contribution < 1.29 is 22.8 Å². The molecule has 0 unspecified atom stereocenters. The van der Waals surface area contributed by atoms with E-state index >= 15 is 0 Å². The van der Waals surface area contributed by atoms with Crippen LogP contribution in [0.1, 0.15) is 32.0 Å². The summed E-state index contributed by atoms with van der Waals surface area (Å²) >= 11 is 7.19. The van der Waals surface area contributed by atoms with E-state index in [4.69, 9.17) is 16.4 Å². The summed E-state index contributed by atoms with van der Waals surface area (Å²) in [4.78, 5) is 26.9. The second-order valence-corrected chi connectivity index (χ2v) is 7.70. The Bertz CT molecular complexity index is 880. The van der Waals surface area contributed by atoms with E-state index in [1.165, 1.54) is 11.8 Å². The van der Waals surface area contributed by atoms with Crippen LogP contribution in [0.2, 0.25) is 5.15 Å². The number of nitrogens with one attached hydrogen (secondary N) is 1. The molecule has 0 spiro atoms. The quantitative estimate of drug-likeness (QED) is 0.377. The van der Waals surface area contributed by atoms with Crippen LogP contribution in [0.25, 0.3) is 0 Å². The highest BCUT2D eigenvalue weighted by molar-refractivity contribution is 7.98. The Morgan fingerprint density at radius 2 is 2.00 bits per heavy atom. The van der Waals surface area contributed by atoms with Crippen LogP contribution in [0.4, 0.5) is 18.0 Å². The zero-order valence-electron chi connectivity index (χ0n) is 16.2. The molecule has 2 amide bonds. The van der Waals surface area contributed by atoms with Crippen molar-refractivity contribution in [1.82, 2.24) is 20.3 Å². The minimum Gasteiger partial charge on any atom is -0.355 e. The highest BCUT2D eigenvalue weighted by atomic mass is 35.5. The summed E-state index contributed by atoms with van der Waals surface area (Å²) in [5, 5.41) is 3.22. The zero-order chi connectivity index (χ0) is 21.8. The van der Waals surface area contributed by atoms with Crippen molar-refractivity contribution in [3.63, 3.8) is 0 Å². The number of carbonyl (C=O) groups excluding carboxylic acids is 1. The summed E-state index contributed by atoms with van der Waals surface area (Å²) in [5.41, 5.74) is -1.27. The molecule has 158 valence electrons. The fourth-order valence-electron chi connectivity index (χ4n) is 2.32. The number of alkyl halides is 3. The molecule has 29 heavy (non-hydrogen) atoms. The lowest BCUT2D eigenvalue weighted by Gasteiger charge is -2.29. The van der Waals surface area contributed by atoms with Gasteiger partial charge in [0.15, 0.2) is 0 Å². The molecule has 2 aromatic rings. The fraction of sp³-hybridized carbons (Fsp3) is 0.389. The molecule has 11 heteroatoms. The topological polar surface area (TPSA) is 67.3 Å². The third-order valence-corrected chi connectivity index (χ3v) is 4.76. The smallest absolute Gasteiger partial charge is 0.355 e. The Kier molecular flexibility index (Phi) is 7.23. The van der Waals surface area contributed by atoms with Gasteiger partial charge in [-0.25, -0.2) is 4.79 Å². The predicted molar refractivity (Wildman–Crippen MR) is 105 cm³/mol. The molecule has 0 saturated heterocycles. The summed E-state index contributed by atoms with van der Waals surface area (Å²) in [6.45, 7) is 5.17. The summed E-state index contributed by atoms with van der Waals surface area (Å²) < 4.78 is 38.9. The Hall–Kier alpha value is -2.20. The van der Waals surface area contributed by atoms with Crippen LogP contribution < -0.4 is 10.2 Å². The Labute approximate surface area is 175 Å². The molecule has 2 heterocycles. The molecule has 0 radical (unpaired) electrons. The first-order valence-electron chi connectivity index (χ1n) is 8.49. The summed E-state index contributed by atoms with van der Waals surface area (Å²) in [7, 11) is 0. The first kappa shape index (κ1) is 23.1. The van der Waals surface area contributed by atoms with Gasteiger partial charge in [0.1, 0.15) is 5.15 Å². The number of hydroxylamine groups is 2. The van der Waals surface area contributed by atoms with Crippen LogP contribution in [-0.4, -0.2) is 33.9 Å². The molecule has 2 aromatic heterocycles. The number of halogens is 4. The molecule has 0 aliphatic heterocycles. The number of aromatic nitrogens is 2. The predicted octanol–water partition coefficient (Wildman–Crippen LogP) is 5.13. The number of urea groups is 1. The normalized spacial score (nSPS) is 11.9. The highest BCUT2D eigenvalue weighted by Gasteiger charge is 2.33. The van der Waals surface area contributed by atoms with Crippen molar-refractivity contribution in [1.29, 1.82) is 0 Å². The van der Waals surface area contributed by atoms with Crippen molar-refractivity contribution in [2.24, 2.45) is 0 Å². The van der Waals surface area contributed by atoms with Crippen molar-refractivity contribution in [2.45, 2.75) is 37.4 Å². The number of nitrogens with zero attached hydrogens (tertiary/aromatic N) is 3. The molecule has 0 aliphatic carbocycles. The van der Waals surface area contributed by atoms with Crippen LogP contribution in [0.15, 0.2) is 35.4 Å². The third-order valence-electron chi connectivity index (χ3n) is 3.84. The lowest BCUT2D eigenvalue weighted by atomic mass is 10.0. The fourth-order valence-corrected chi connectivity index (χ4v) is 2.95. The summed E-state index contributed by atoms with van der Waals surface area (Å²) in [6.07, 6.45) is -1.07. The van der Waals surface area contributed by atoms with Crippen LogP contribution >= 0.6 is 23.4 Å². The average Bonchev–Trinajstić information content (AvgIpc) is 2.64. The minimum atomic E-state index is -4.63. The number of rotatable bonds is 6. The standard InChI is InChI=1S/C18H20ClF3N4O2S/c1-5-26(28-15-9-11(18(20,21)22)8-14(19)24-15)16(27)25-17(2,3)13-10-12(29-4)6-7-23-13/h6-10H,5H2,1-4H3,(H,25,27). The number of hydrogen-bond donors (Lipinski definition) is 1. The average molecular weight is 449 g/mol. The number of thioether (sulfide) groups is 1. The SMILES string of the molecule is CCN(Oc1cc(C(F)(F)F)cc(Cl)n1)C(=O)NC(C)(C)c1cc(SC)ccn1. The van der Waals surface area contributed by atoms with Gasteiger partial charge in [-0.15, -0.1) is 11.8 Å². The van der Waals surface area contributed by atoms with Gasteiger partial charge in [-0.1, -0.05) is 11.6 Å². The van der Waals surface area contributed by atoms with Crippen LogP contribution in [0.3, 0.4) is 0 Å². The van der Waals surface area contributed by atoms with Gasteiger partial charge in [0.25, 0.3) is 0 Å². The van der Waals surface area contributed by atoms with Crippen LogP contribution in [-0.2, 0) is 11.7 Å². The monoisotopic (exact) mass is 448 g/mol. The van der Waals surface area contributed by atoms with Gasteiger partial charge in [0.2, 0.25) is 5.88 Å². The van der Waals surface area contributed by atoms with Gasteiger partial charge in [0, 0.05) is 17.2 Å². The Morgan fingerprint density at radius 1 is 1.31 bits per heavy atom. The third kappa shape index (κ3) is 6.14. The second-order valence-electron chi connectivity index (χ2n) is 6.44. The van der Waals surface area contributed by atoms with E-state index in [1.54, 1.807) is 27.0 Å². The lowest BCUT2D eigenvalue weighted by molar-refractivity contribution is -0.138. The molecule has 0 bridgehead atoms. The van der Waals surface area contributed by atoms with Gasteiger partial charge >= 0.3 is 12.2 Å². The highest BCUT2D eigenvalue weighted by Crippen LogP contribution is 2.32. The maximum absolute atomic E-state index is 13.0. The zero-order valence-corrected chi connectivity index (χ0v) is 17.7. The molecule has 0 aromatic carbocycles. The van der Waals surface area contributed by atoms with Crippen molar-refractivity contribution >= 4 is 29.4 Å². The second kappa shape index (κ2) is 9.08. The van der Waals surface area contributed by atoms with E-state index in [0.29, 0.717) is 17.8 Å². The van der Waals surface area contributed by atoms with Crippen molar-refractivity contribution in [3.05, 3.63) is 46.9 Å². The first-order valence-corrected chi connectivity index (χ1v) is 10.1. The largest absolute Gasteiger partial charge is 0.416 e. The molecular weight excluding hydrogens is 429 g/mol. The van der Waals surface area contributed by atoms with Crippen LogP contribution in [0.5, 0.6) is 5.88 Å². The molecule has 0 saturated carbocycles. The number of hydrogen-bond acceptors (Lipinski definition) is 5. The molecule has 0 aliphatic rings. The molecular formula is C18H20ClF3N4O2S. The number of carbonyl (C=O) groups is 1. The van der Waals surface area contributed by atoms with E-state index in [1.807, 2.05) is 18.4 Å². The van der Waals surface area contributed by atoms with E-state index in [2.05, 4.69) is 15.3 Å². The molecule has 2 rings (SSSR count). The van der Waals surface area contributed by atoms with Gasteiger partial charge in [-0.3, -0.25) is 4.98 Å². The molecule has 6 nitrogen and oxygen atoms in total. The molecule has 0 atom stereocenters. The van der Waals surface area contributed by atoms with Crippen LogP contribution in [0, 0.1) is 0 Å². The molecule has 0 fully saturated rings. The van der Waals surface area contributed by atoms with Gasteiger partial charge in [-0.05, 0) is 45.2 Å². The van der Waals surface area contributed by atoms with E-state index < -0.39 is 34.3 Å². The maximum atomic E-state index is 13.0. The van der Waals surface area contributed by atoms with Gasteiger partial charge < -0.3 is 10.2 Å². The summed E-state index contributed by atoms with van der Waals surface area (Å²) in [6, 6.07) is 4.38. The Balaban J connectivity index is 2.19. The summed E-state index contributed by atoms with van der Waals surface area (Å²) in [5.74, 6) is -0.442. The maximum Gasteiger partial charge on any atom is 0.416 e. The number of pyridine rings is 2. The van der Waals surface area contributed by atoms with Crippen molar-refractivity contribution in [3.8, 4) is 5.88 Å². The van der Waals surface area contributed by atoms with E-state index in [0.717, 1.165) is 9.96 Å². The minimum absolute atomic E-state index is 0.0513. The lowest BCUT2D eigenvalue weighted by Crippen LogP contribution is -2.50. The van der Waals surface area contributed by atoms with Gasteiger partial charge in [-0.2, -0.15) is 23.2 Å². The van der Waals surface area contributed by atoms with Crippen molar-refractivity contribution in [2.75, 3.05) is 12.8 Å². The first-order chi connectivity index (χ1) is 13.5.